The predicted octanol–water partition coefficient (Wildman–Crippen LogP) is 5.79. The fourth-order valence-electron chi connectivity index (χ4n) is 13.0. The van der Waals surface area contributed by atoms with E-state index in [-0.39, 0.29) is 30.1 Å². The molecule has 8 heteroatoms. The average Bonchev–Trinajstić information content (AvgIpc) is 3.52. The number of piperazine rings is 1. The molecule has 7 rings (SSSR count). The summed E-state index contributed by atoms with van der Waals surface area (Å²) in [5.74, 6) is 4.36. The number of carbonyl (C=O) groups is 2. The Morgan fingerprint density at radius 2 is 1.62 bits per heavy atom. The molecule has 0 aromatic heterocycles. The van der Waals surface area contributed by atoms with Crippen LogP contribution in [-0.4, -0.2) is 103 Å². The molecule has 2 unspecified atom stereocenters. The molecule has 7 fully saturated rings. The topological polar surface area (TPSA) is 74.4 Å². The number of likely N-dealkylation sites (N-methyl/N-ethyl adjacent to an activating group) is 1. The van der Waals surface area contributed by atoms with Crippen molar-refractivity contribution in [2.24, 2.45) is 52.3 Å². The Morgan fingerprint density at radius 3 is 2.33 bits per heavy atom. The van der Waals surface area contributed by atoms with Gasteiger partial charge in [0.2, 0.25) is 11.8 Å². The summed E-state index contributed by atoms with van der Waals surface area (Å²) in [4.78, 5) is 33.1. The highest BCUT2D eigenvalue weighted by molar-refractivity contribution is 5.97. The molecule has 12 atom stereocenters. The number of hydrogen-bond donors (Lipinski definition) is 1. The van der Waals surface area contributed by atoms with E-state index in [1.165, 1.54) is 44.9 Å². The van der Waals surface area contributed by atoms with Crippen LogP contribution in [0.5, 0.6) is 0 Å². The molecule has 8 nitrogen and oxygen atoms in total. The lowest BCUT2D eigenvalue weighted by atomic mass is 9.44. The van der Waals surface area contributed by atoms with E-state index in [4.69, 9.17) is 9.47 Å². The van der Waals surface area contributed by atoms with E-state index in [1.54, 1.807) is 0 Å². The molecule has 0 radical (unpaired) electrons. The summed E-state index contributed by atoms with van der Waals surface area (Å²) in [5.41, 5.74) is 0.723. The summed E-state index contributed by atoms with van der Waals surface area (Å²) in [6.45, 7) is 22.9. The minimum atomic E-state index is -0.330. The Bertz CT molecular complexity index is 1160. The number of amides is 2. The van der Waals surface area contributed by atoms with E-state index in [1.807, 2.05) is 4.90 Å². The van der Waals surface area contributed by atoms with Gasteiger partial charge in [0.25, 0.3) is 0 Å². The van der Waals surface area contributed by atoms with E-state index in [0.29, 0.717) is 40.6 Å². The first kappa shape index (κ1) is 35.2. The van der Waals surface area contributed by atoms with Crippen LogP contribution in [0.25, 0.3) is 0 Å². The molecule has 3 saturated heterocycles. The monoisotopic (exact) mass is 669 g/mol. The van der Waals surface area contributed by atoms with E-state index in [9.17, 15) is 9.59 Å². The van der Waals surface area contributed by atoms with Crippen molar-refractivity contribution in [1.29, 1.82) is 0 Å². The van der Waals surface area contributed by atoms with Crippen LogP contribution in [0.2, 0.25) is 0 Å². The molecular weight excluding hydrogens is 600 g/mol. The summed E-state index contributed by atoms with van der Waals surface area (Å²) in [7, 11) is 0. The van der Waals surface area contributed by atoms with Gasteiger partial charge in [0.1, 0.15) is 6.42 Å². The molecular formula is C40H68N4O4. The fraction of sp³-hybridized carbons (Fsp3) is 0.950. The van der Waals surface area contributed by atoms with Crippen LogP contribution in [0.15, 0.2) is 0 Å². The lowest BCUT2D eigenvalue weighted by Gasteiger charge is -2.61. The zero-order valence-corrected chi connectivity index (χ0v) is 31.3. The highest BCUT2D eigenvalue weighted by Gasteiger charge is 2.69. The zero-order chi connectivity index (χ0) is 33.8. The number of fused-ring (bicyclic) bond motifs is 7. The molecule has 4 saturated carbocycles. The van der Waals surface area contributed by atoms with Crippen LogP contribution in [-0.2, 0) is 19.1 Å². The van der Waals surface area contributed by atoms with Gasteiger partial charge in [0.05, 0.1) is 12.7 Å². The molecule has 48 heavy (non-hydrogen) atoms. The van der Waals surface area contributed by atoms with Crippen LogP contribution in [0.3, 0.4) is 0 Å². The van der Waals surface area contributed by atoms with Gasteiger partial charge in [-0.05, 0) is 117 Å². The number of nitrogens with one attached hydrogen (secondary N) is 1. The van der Waals surface area contributed by atoms with Crippen LogP contribution in [0.1, 0.15) is 112 Å². The predicted molar refractivity (Wildman–Crippen MR) is 189 cm³/mol. The largest absolute Gasteiger partial charge is 0.353 e. The second-order valence-corrected chi connectivity index (χ2v) is 18.1. The van der Waals surface area contributed by atoms with Crippen LogP contribution >= 0.6 is 0 Å². The van der Waals surface area contributed by atoms with Crippen molar-refractivity contribution in [2.45, 2.75) is 130 Å². The first-order valence-electron chi connectivity index (χ1n) is 20.3. The zero-order valence-electron chi connectivity index (χ0n) is 31.3. The van der Waals surface area contributed by atoms with E-state index in [2.05, 4.69) is 56.7 Å². The second kappa shape index (κ2) is 13.7. The van der Waals surface area contributed by atoms with Gasteiger partial charge in [-0.3, -0.25) is 14.5 Å². The molecule has 3 heterocycles. The van der Waals surface area contributed by atoms with Gasteiger partial charge in [-0.25, -0.2) is 0 Å². The Kier molecular flexibility index (Phi) is 10.1. The quantitative estimate of drug-likeness (QED) is 0.330. The van der Waals surface area contributed by atoms with Crippen molar-refractivity contribution < 1.29 is 19.1 Å². The summed E-state index contributed by atoms with van der Waals surface area (Å²) >= 11 is 0. The van der Waals surface area contributed by atoms with Crippen molar-refractivity contribution >= 4 is 11.8 Å². The molecule has 2 amide bonds. The summed E-state index contributed by atoms with van der Waals surface area (Å²) in [6, 6.07) is 0.209. The lowest BCUT2D eigenvalue weighted by Crippen LogP contribution is -2.56. The van der Waals surface area contributed by atoms with Gasteiger partial charge in [0.15, 0.2) is 5.79 Å². The van der Waals surface area contributed by atoms with E-state index >= 15 is 0 Å². The molecule has 272 valence electrons. The molecule has 7 aliphatic rings. The van der Waals surface area contributed by atoms with E-state index < -0.39 is 0 Å². The maximum absolute atomic E-state index is 13.2. The van der Waals surface area contributed by atoms with Gasteiger partial charge in [-0.2, -0.15) is 0 Å². The maximum Gasteiger partial charge on any atom is 0.232 e. The van der Waals surface area contributed by atoms with Crippen LogP contribution in [0.4, 0.5) is 0 Å². The average molecular weight is 669 g/mol. The number of nitrogens with zero attached hydrogens (tertiary/aromatic N) is 3. The third-order valence-electron chi connectivity index (χ3n) is 16.0. The molecule has 0 bridgehead atoms. The summed E-state index contributed by atoms with van der Waals surface area (Å²) in [6.07, 6.45) is 12.5. The summed E-state index contributed by atoms with van der Waals surface area (Å²) < 4.78 is 13.5. The van der Waals surface area contributed by atoms with Crippen LogP contribution < -0.4 is 5.32 Å². The van der Waals surface area contributed by atoms with E-state index in [0.717, 1.165) is 96.0 Å². The fourth-order valence-corrected chi connectivity index (χ4v) is 13.0. The minimum absolute atomic E-state index is 0.00235. The first-order valence-corrected chi connectivity index (χ1v) is 20.3. The smallest absolute Gasteiger partial charge is 0.232 e. The van der Waals surface area contributed by atoms with Crippen LogP contribution in [0, 0.1) is 52.3 Å². The number of ether oxygens (including phenoxy) is 2. The minimum Gasteiger partial charge on any atom is -0.353 e. The maximum atomic E-state index is 13.2. The Hall–Kier alpha value is -1.22. The van der Waals surface area contributed by atoms with Crippen molar-refractivity contribution in [1.82, 2.24) is 20.0 Å². The van der Waals surface area contributed by atoms with Gasteiger partial charge in [-0.15, -0.1) is 0 Å². The van der Waals surface area contributed by atoms with Gasteiger partial charge in [-0.1, -0.05) is 41.5 Å². The van der Waals surface area contributed by atoms with Gasteiger partial charge >= 0.3 is 0 Å². The SMILES string of the molecule is CCN(CC)CCN1CCN(C(=O)CC(=O)NC2CC[C@]3(C)C4CC[C@]5(C)[C@@H]6[C@H](C[C@H]5[C@@H]4CC[C@@H]3C2)O[C@]2(CC[C@H](C)CO2)[C@H]6C)CC1. The van der Waals surface area contributed by atoms with Crippen molar-refractivity contribution in [2.75, 3.05) is 59.0 Å². The molecule has 3 aliphatic heterocycles. The highest BCUT2D eigenvalue weighted by atomic mass is 16.7. The number of carbonyl (C=O) groups excluding carboxylic acids is 2. The summed E-state index contributed by atoms with van der Waals surface area (Å²) in [5, 5.41) is 3.34. The van der Waals surface area contributed by atoms with Crippen molar-refractivity contribution in [3.05, 3.63) is 0 Å². The molecule has 0 aromatic rings. The number of hydrogen-bond acceptors (Lipinski definition) is 6. The standard InChI is InChI=1S/C40H68N4O4/c1-7-42(8-2)17-18-43-19-21-44(22-20-43)36(46)25-35(45)41-30-12-14-38(5)29(23-30)9-10-31-32(38)13-15-39(6)33(31)24-34-37(39)28(4)40(48-34)16-11-27(3)26-47-40/h27-34,37H,7-26H2,1-6H3,(H,41,45)/t27-,28-,29+,30?,31+,32?,33-,34-,37-,38-,39-,40+/m0/s1. The Labute approximate surface area is 291 Å². The molecule has 1 N–H and O–H groups in total. The second-order valence-electron chi connectivity index (χ2n) is 18.1. The van der Waals surface area contributed by atoms with Gasteiger partial charge in [0, 0.05) is 57.6 Å². The molecule has 0 aromatic carbocycles. The lowest BCUT2D eigenvalue weighted by molar-refractivity contribution is -0.273. The normalized spacial score (nSPS) is 45.8. The number of rotatable bonds is 8. The third-order valence-corrected chi connectivity index (χ3v) is 16.0. The first-order chi connectivity index (χ1) is 23.0. The van der Waals surface area contributed by atoms with Crippen molar-refractivity contribution in [3.63, 3.8) is 0 Å². The Balaban J connectivity index is 0.896. The highest BCUT2D eigenvalue weighted by Crippen LogP contribution is 2.71. The third kappa shape index (κ3) is 6.19. The molecule has 1 spiro atoms. The van der Waals surface area contributed by atoms with Crippen molar-refractivity contribution in [3.8, 4) is 0 Å². The van der Waals surface area contributed by atoms with Gasteiger partial charge < -0.3 is 24.6 Å². The molecule has 4 aliphatic carbocycles. The Morgan fingerprint density at radius 1 is 0.875 bits per heavy atom.